The standard InChI is InChI=1S/C47H31N3S/c1-47(2)38-25-30-16-7-6-15-29(30)24-35(38)36-26-37-33-19-8-10-21-40(33)50(41(37)27-39(36)47)32-18-12-17-31(23-32)46-48-43(28-13-4-3-5-14-28)45-44(49-46)34-20-9-11-22-42(34)51-45/h3-27H,1-2H3. The van der Waals surface area contributed by atoms with Crippen molar-refractivity contribution in [2.75, 3.05) is 0 Å². The molecule has 240 valence electrons. The maximum absolute atomic E-state index is 5.29. The predicted molar refractivity (Wildman–Crippen MR) is 215 cm³/mol. The molecular formula is C47H31N3S. The van der Waals surface area contributed by atoms with Gasteiger partial charge in [-0.25, -0.2) is 9.97 Å². The summed E-state index contributed by atoms with van der Waals surface area (Å²) in [7, 11) is 0. The SMILES string of the molecule is CC1(C)c2cc3ccccc3cc2-c2cc3c4ccccc4n(-c4cccc(-c5nc(-c6ccccc6)c6sc7ccccc7c6n5)c4)c3cc21. The monoisotopic (exact) mass is 669 g/mol. The number of hydrogen-bond donors (Lipinski definition) is 0. The van der Waals surface area contributed by atoms with Gasteiger partial charge in [-0.3, -0.25) is 0 Å². The zero-order valence-corrected chi connectivity index (χ0v) is 29.0. The molecule has 0 radical (unpaired) electrons. The van der Waals surface area contributed by atoms with Crippen LogP contribution in [0.5, 0.6) is 0 Å². The van der Waals surface area contributed by atoms with Gasteiger partial charge >= 0.3 is 0 Å². The largest absolute Gasteiger partial charge is 0.309 e. The summed E-state index contributed by atoms with van der Waals surface area (Å²) in [6, 6.07) is 55.0. The second-order valence-corrected chi connectivity index (χ2v) is 15.3. The van der Waals surface area contributed by atoms with Gasteiger partial charge in [-0.05, 0) is 81.6 Å². The molecule has 0 N–H and O–H groups in total. The lowest BCUT2D eigenvalue weighted by atomic mass is 9.81. The lowest BCUT2D eigenvalue weighted by molar-refractivity contribution is 0.662. The van der Waals surface area contributed by atoms with Crippen LogP contribution in [0.4, 0.5) is 0 Å². The van der Waals surface area contributed by atoms with Crippen LogP contribution in [0.3, 0.4) is 0 Å². The minimum Gasteiger partial charge on any atom is -0.309 e. The summed E-state index contributed by atoms with van der Waals surface area (Å²) in [4.78, 5) is 10.6. The van der Waals surface area contributed by atoms with Crippen LogP contribution < -0.4 is 0 Å². The number of benzene rings is 7. The minimum atomic E-state index is -0.133. The van der Waals surface area contributed by atoms with Crippen molar-refractivity contribution in [2.45, 2.75) is 19.3 Å². The number of para-hydroxylation sites is 1. The summed E-state index contributed by atoms with van der Waals surface area (Å²) >= 11 is 1.77. The van der Waals surface area contributed by atoms with Crippen LogP contribution >= 0.6 is 11.3 Å². The molecule has 0 amide bonds. The molecule has 1 aliphatic carbocycles. The number of rotatable bonds is 3. The number of aromatic nitrogens is 3. The van der Waals surface area contributed by atoms with Gasteiger partial charge in [-0.1, -0.05) is 117 Å². The first-order valence-electron chi connectivity index (χ1n) is 17.5. The topological polar surface area (TPSA) is 30.7 Å². The molecule has 0 unspecified atom stereocenters. The van der Waals surface area contributed by atoms with E-state index in [0.29, 0.717) is 0 Å². The molecule has 0 spiro atoms. The first-order valence-corrected chi connectivity index (χ1v) is 18.3. The third kappa shape index (κ3) is 4.11. The number of thiophene rings is 1. The van der Waals surface area contributed by atoms with Crippen LogP contribution in [-0.4, -0.2) is 14.5 Å². The smallest absolute Gasteiger partial charge is 0.160 e. The lowest BCUT2D eigenvalue weighted by Crippen LogP contribution is -2.15. The molecule has 0 fully saturated rings. The van der Waals surface area contributed by atoms with Gasteiger partial charge in [0.25, 0.3) is 0 Å². The van der Waals surface area contributed by atoms with E-state index < -0.39 is 0 Å². The quantitative estimate of drug-likeness (QED) is 0.187. The van der Waals surface area contributed by atoms with Crippen molar-refractivity contribution in [3.05, 3.63) is 163 Å². The Bertz CT molecular complexity index is 3060. The molecule has 0 saturated heterocycles. The second-order valence-electron chi connectivity index (χ2n) is 14.2. The minimum absolute atomic E-state index is 0.133. The summed E-state index contributed by atoms with van der Waals surface area (Å²) in [5, 5.41) is 6.26. The van der Waals surface area contributed by atoms with E-state index in [1.165, 1.54) is 64.9 Å². The number of hydrogen-bond acceptors (Lipinski definition) is 3. The van der Waals surface area contributed by atoms with E-state index in [2.05, 4.69) is 170 Å². The molecular weight excluding hydrogens is 639 g/mol. The maximum Gasteiger partial charge on any atom is 0.160 e. The van der Waals surface area contributed by atoms with Crippen LogP contribution in [0.25, 0.3) is 92.3 Å². The number of nitrogens with zero attached hydrogens (tertiary/aromatic N) is 3. The van der Waals surface area contributed by atoms with Crippen molar-refractivity contribution in [3.63, 3.8) is 0 Å². The predicted octanol–water partition coefficient (Wildman–Crippen LogP) is 12.7. The highest BCUT2D eigenvalue weighted by molar-refractivity contribution is 7.26. The fraction of sp³-hybridized carbons (Fsp3) is 0.0638. The van der Waals surface area contributed by atoms with Crippen LogP contribution in [-0.2, 0) is 5.41 Å². The summed E-state index contributed by atoms with van der Waals surface area (Å²) in [5.74, 6) is 0.733. The van der Waals surface area contributed by atoms with E-state index in [-0.39, 0.29) is 5.41 Å². The van der Waals surface area contributed by atoms with Gasteiger partial charge in [0.05, 0.1) is 26.9 Å². The first-order chi connectivity index (χ1) is 25.0. The summed E-state index contributed by atoms with van der Waals surface area (Å²) < 4.78 is 4.77. The summed E-state index contributed by atoms with van der Waals surface area (Å²) in [6.07, 6.45) is 0. The van der Waals surface area contributed by atoms with Crippen molar-refractivity contribution in [1.29, 1.82) is 0 Å². The maximum atomic E-state index is 5.29. The van der Waals surface area contributed by atoms with Gasteiger partial charge in [-0.2, -0.15) is 0 Å². The van der Waals surface area contributed by atoms with Crippen molar-refractivity contribution in [3.8, 4) is 39.5 Å². The van der Waals surface area contributed by atoms with Gasteiger partial charge in [0, 0.05) is 43.1 Å². The van der Waals surface area contributed by atoms with Gasteiger partial charge in [0.15, 0.2) is 5.82 Å². The van der Waals surface area contributed by atoms with Crippen LogP contribution in [0.2, 0.25) is 0 Å². The Morgan fingerprint density at radius 3 is 2.08 bits per heavy atom. The zero-order valence-electron chi connectivity index (χ0n) is 28.2. The third-order valence-electron chi connectivity index (χ3n) is 11.0. The molecule has 0 saturated carbocycles. The average molecular weight is 670 g/mol. The molecule has 3 nitrogen and oxygen atoms in total. The highest BCUT2D eigenvalue weighted by Gasteiger charge is 2.36. The van der Waals surface area contributed by atoms with Crippen LogP contribution in [0.15, 0.2) is 152 Å². The van der Waals surface area contributed by atoms with Gasteiger partial charge in [-0.15, -0.1) is 11.3 Å². The Kier molecular flexibility index (Phi) is 5.89. The van der Waals surface area contributed by atoms with E-state index in [0.717, 1.165) is 38.5 Å². The average Bonchev–Trinajstić information content (AvgIpc) is 3.78. The fourth-order valence-electron chi connectivity index (χ4n) is 8.45. The Morgan fingerprint density at radius 1 is 0.529 bits per heavy atom. The van der Waals surface area contributed by atoms with Gasteiger partial charge < -0.3 is 4.57 Å². The van der Waals surface area contributed by atoms with Gasteiger partial charge in [0.2, 0.25) is 0 Å². The molecule has 7 aromatic carbocycles. The highest BCUT2D eigenvalue weighted by Crippen LogP contribution is 2.52. The molecule has 4 heteroatoms. The van der Waals surface area contributed by atoms with Crippen molar-refractivity contribution in [2.24, 2.45) is 0 Å². The van der Waals surface area contributed by atoms with Gasteiger partial charge in [0.1, 0.15) is 0 Å². The van der Waals surface area contributed by atoms with E-state index in [9.17, 15) is 0 Å². The highest BCUT2D eigenvalue weighted by atomic mass is 32.1. The molecule has 10 aromatic rings. The summed E-state index contributed by atoms with van der Waals surface area (Å²) in [6.45, 7) is 4.75. The Hall–Kier alpha value is -6.10. The van der Waals surface area contributed by atoms with Crippen molar-refractivity contribution >= 4 is 64.2 Å². The van der Waals surface area contributed by atoms with E-state index >= 15 is 0 Å². The zero-order chi connectivity index (χ0) is 33.8. The molecule has 3 heterocycles. The van der Waals surface area contributed by atoms with E-state index in [1.54, 1.807) is 11.3 Å². The van der Waals surface area contributed by atoms with Crippen molar-refractivity contribution in [1.82, 2.24) is 14.5 Å². The van der Waals surface area contributed by atoms with E-state index in [1.807, 2.05) is 0 Å². The van der Waals surface area contributed by atoms with Crippen LogP contribution in [0.1, 0.15) is 25.0 Å². The second kappa shape index (κ2) is 10.5. The Morgan fingerprint density at radius 2 is 1.22 bits per heavy atom. The molecule has 1 aliphatic rings. The first kappa shape index (κ1) is 28.7. The fourth-order valence-corrected chi connectivity index (χ4v) is 9.61. The number of fused-ring (bicyclic) bond motifs is 10. The van der Waals surface area contributed by atoms with Crippen molar-refractivity contribution < 1.29 is 0 Å². The summed E-state index contributed by atoms with van der Waals surface area (Å²) in [5.41, 5.74) is 12.9. The Labute approximate surface area is 299 Å². The molecule has 11 rings (SSSR count). The Balaban J connectivity index is 1.14. The van der Waals surface area contributed by atoms with E-state index in [4.69, 9.17) is 9.97 Å². The lowest BCUT2D eigenvalue weighted by Gasteiger charge is -2.22. The third-order valence-corrected chi connectivity index (χ3v) is 12.1. The molecule has 0 atom stereocenters. The molecule has 51 heavy (non-hydrogen) atoms. The molecule has 3 aromatic heterocycles. The van der Waals surface area contributed by atoms with Crippen LogP contribution in [0, 0.1) is 0 Å². The normalized spacial score (nSPS) is 13.5. The molecule has 0 aliphatic heterocycles. The molecule has 0 bridgehead atoms.